The van der Waals surface area contributed by atoms with Crippen molar-refractivity contribution in [1.29, 1.82) is 0 Å². The lowest BCUT2D eigenvalue weighted by atomic mass is 10.1. The predicted molar refractivity (Wildman–Crippen MR) is 114 cm³/mol. The summed E-state index contributed by atoms with van der Waals surface area (Å²) < 4.78 is 16.8. The lowest BCUT2D eigenvalue weighted by Gasteiger charge is -2.12. The van der Waals surface area contributed by atoms with Crippen molar-refractivity contribution in [2.24, 2.45) is 0 Å². The second kappa shape index (κ2) is 9.64. The molecule has 0 unspecified atom stereocenters. The summed E-state index contributed by atoms with van der Waals surface area (Å²) in [6.07, 6.45) is 0.898. The van der Waals surface area contributed by atoms with Gasteiger partial charge in [0, 0.05) is 11.3 Å². The maximum atomic E-state index is 12.6. The lowest BCUT2D eigenvalue weighted by Crippen LogP contribution is -2.12. The third-order valence-corrected chi connectivity index (χ3v) is 4.26. The van der Waals surface area contributed by atoms with Gasteiger partial charge in [-0.3, -0.25) is 4.79 Å². The number of methoxy groups -OCH3 is 1. The molecule has 0 spiro atoms. The average Bonchev–Trinajstić information content (AvgIpc) is 2.75. The summed E-state index contributed by atoms with van der Waals surface area (Å²) in [5, 5.41) is 2.88. The molecule has 0 aromatic heterocycles. The summed E-state index contributed by atoms with van der Waals surface area (Å²) in [6.45, 7) is 4.66. The zero-order valence-corrected chi connectivity index (χ0v) is 16.9. The van der Waals surface area contributed by atoms with Gasteiger partial charge < -0.3 is 19.5 Å². The largest absolute Gasteiger partial charge is 0.493 e. The number of aryl methyl sites for hydroxylation is 1. The predicted octanol–water partition coefficient (Wildman–Crippen LogP) is 5.84. The normalized spacial score (nSPS) is 10.3. The molecule has 29 heavy (non-hydrogen) atoms. The molecule has 1 N–H and O–H groups in total. The molecule has 150 valence electrons. The third-order valence-electron chi connectivity index (χ3n) is 4.26. The van der Waals surface area contributed by atoms with Crippen LogP contribution in [0.5, 0.6) is 23.0 Å². The van der Waals surface area contributed by atoms with Gasteiger partial charge in [0.15, 0.2) is 11.5 Å². The summed E-state index contributed by atoms with van der Waals surface area (Å²) in [5.41, 5.74) is 2.35. The van der Waals surface area contributed by atoms with Crippen LogP contribution >= 0.6 is 0 Å². The Bertz CT molecular complexity index is 950. The average molecular weight is 391 g/mol. The molecule has 0 aliphatic heterocycles. The minimum atomic E-state index is -0.224. The first-order valence-electron chi connectivity index (χ1n) is 9.56. The molecule has 0 aliphatic rings. The Morgan fingerprint density at radius 3 is 2.17 bits per heavy atom. The first-order valence-corrected chi connectivity index (χ1v) is 9.56. The number of nitrogens with one attached hydrogen (secondary N) is 1. The zero-order valence-electron chi connectivity index (χ0n) is 16.9. The molecule has 1 amide bonds. The zero-order chi connectivity index (χ0) is 20.6. The van der Waals surface area contributed by atoms with Crippen molar-refractivity contribution < 1.29 is 19.0 Å². The Labute approximate surface area is 171 Å². The van der Waals surface area contributed by atoms with Crippen LogP contribution in [0.4, 0.5) is 5.69 Å². The number of hydrogen-bond donors (Lipinski definition) is 1. The molecule has 0 aliphatic carbocycles. The molecule has 0 atom stereocenters. The molecule has 0 saturated heterocycles. The molecule has 5 nitrogen and oxygen atoms in total. The first-order chi connectivity index (χ1) is 14.1. The van der Waals surface area contributed by atoms with Crippen LogP contribution in [0.15, 0.2) is 66.7 Å². The van der Waals surface area contributed by atoms with E-state index in [0.717, 1.165) is 12.2 Å². The van der Waals surface area contributed by atoms with Crippen molar-refractivity contribution in [2.45, 2.75) is 20.3 Å². The van der Waals surface area contributed by atoms with Crippen LogP contribution in [0.25, 0.3) is 0 Å². The fourth-order valence-electron chi connectivity index (χ4n) is 2.69. The lowest BCUT2D eigenvalue weighted by molar-refractivity contribution is 0.102. The second-order valence-electron chi connectivity index (χ2n) is 6.61. The van der Waals surface area contributed by atoms with Crippen molar-refractivity contribution in [1.82, 2.24) is 0 Å². The number of hydrogen-bond acceptors (Lipinski definition) is 4. The maximum Gasteiger partial charge on any atom is 0.255 e. The highest BCUT2D eigenvalue weighted by atomic mass is 16.5. The highest BCUT2D eigenvalue weighted by Crippen LogP contribution is 2.29. The van der Waals surface area contributed by atoms with Gasteiger partial charge in [-0.25, -0.2) is 0 Å². The van der Waals surface area contributed by atoms with Crippen LogP contribution in [0.3, 0.4) is 0 Å². The van der Waals surface area contributed by atoms with E-state index in [2.05, 4.69) is 5.32 Å². The number of carbonyl (C=O) groups is 1. The maximum absolute atomic E-state index is 12.6. The van der Waals surface area contributed by atoms with Crippen LogP contribution < -0.4 is 19.5 Å². The highest BCUT2D eigenvalue weighted by molar-refractivity contribution is 6.04. The number of rotatable bonds is 8. The van der Waals surface area contributed by atoms with Gasteiger partial charge in [0.1, 0.15) is 11.5 Å². The van der Waals surface area contributed by atoms with E-state index in [-0.39, 0.29) is 5.91 Å². The van der Waals surface area contributed by atoms with Crippen molar-refractivity contribution in [3.05, 3.63) is 77.9 Å². The van der Waals surface area contributed by atoms with Crippen LogP contribution in [-0.4, -0.2) is 19.6 Å². The molecule has 3 aromatic rings. The topological polar surface area (TPSA) is 56.8 Å². The minimum absolute atomic E-state index is 0.224. The van der Waals surface area contributed by atoms with Crippen LogP contribution in [-0.2, 0) is 0 Å². The third kappa shape index (κ3) is 5.51. The monoisotopic (exact) mass is 391 g/mol. The summed E-state index contributed by atoms with van der Waals surface area (Å²) >= 11 is 0. The smallest absolute Gasteiger partial charge is 0.255 e. The van der Waals surface area contributed by atoms with E-state index in [1.807, 2.05) is 50.2 Å². The Morgan fingerprint density at radius 1 is 0.897 bits per heavy atom. The van der Waals surface area contributed by atoms with Crippen molar-refractivity contribution in [2.75, 3.05) is 19.0 Å². The second-order valence-corrected chi connectivity index (χ2v) is 6.61. The van der Waals surface area contributed by atoms with Crippen LogP contribution in [0, 0.1) is 6.92 Å². The molecular weight excluding hydrogens is 366 g/mol. The van der Waals surface area contributed by atoms with Gasteiger partial charge in [-0.05, 0) is 67.9 Å². The van der Waals surface area contributed by atoms with Gasteiger partial charge in [0.2, 0.25) is 0 Å². The van der Waals surface area contributed by atoms with Crippen molar-refractivity contribution >= 4 is 11.6 Å². The molecule has 0 fully saturated rings. The molecule has 0 radical (unpaired) electrons. The summed E-state index contributed by atoms with van der Waals surface area (Å²) in [4.78, 5) is 12.6. The molecule has 3 aromatic carbocycles. The van der Waals surface area contributed by atoms with Crippen LogP contribution in [0.2, 0.25) is 0 Å². The molecule has 3 rings (SSSR count). The van der Waals surface area contributed by atoms with E-state index in [0.29, 0.717) is 35.1 Å². The minimum Gasteiger partial charge on any atom is -0.493 e. The van der Waals surface area contributed by atoms with E-state index in [9.17, 15) is 4.79 Å². The molecule has 5 heteroatoms. The molecule has 0 bridgehead atoms. The molecule has 0 heterocycles. The fraction of sp³-hybridized carbons (Fsp3) is 0.208. The Morgan fingerprint density at radius 2 is 1.55 bits per heavy atom. The summed E-state index contributed by atoms with van der Waals surface area (Å²) in [7, 11) is 1.56. The van der Waals surface area contributed by atoms with Crippen LogP contribution in [0.1, 0.15) is 29.3 Å². The van der Waals surface area contributed by atoms with Gasteiger partial charge in [-0.1, -0.05) is 24.6 Å². The van der Waals surface area contributed by atoms with Gasteiger partial charge in [0.25, 0.3) is 5.91 Å². The Kier molecular flexibility index (Phi) is 6.74. The van der Waals surface area contributed by atoms with E-state index in [1.165, 1.54) is 5.56 Å². The SMILES string of the molecule is CCCOc1ccc(C(=O)Nc2ccc(Oc3ccc(C)cc3)cc2)cc1OC. The van der Waals surface area contributed by atoms with Gasteiger partial charge in [-0.2, -0.15) is 0 Å². The van der Waals surface area contributed by atoms with Crippen molar-refractivity contribution in [3.8, 4) is 23.0 Å². The van der Waals surface area contributed by atoms with Crippen molar-refractivity contribution in [3.63, 3.8) is 0 Å². The Hall–Kier alpha value is -3.47. The first kappa shape index (κ1) is 20.3. The number of anilines is 1. The number of amides is 1. The number of carbonyl (C=O) groups excluding carboxylic acids is 1. The van der Waals surface area contributed by atoms with Gasteiger partial charge in [0.05, 0.1) is 13.7 Å². The summed E-state index contributed by atoms with van der Waals surface area (Å²) in [5.74, 6) is 2.41. The van der Waals surface area contributed by atoms with E-state index >= 15 is 0 Å². The Balaban J connectivity index is 1.65. The number of ether oxygens (including phenoxy) is 3. The fourth-order valence-corrected chi connectivity index (χ4v) is 2.69. The standard InChI is InChI=1S/C24H25NO4/c1-4-15-28-22-14-7-18(16-23(22)27-3)24(26)25-19-8-12-21(13-9-19)29-20-10-5-17(2)6-11-20/h5-14,16H,4,15H2,1-3H3,(H,25,26). The van der Waals surface area contributed by atoms with Gasteiger partial charge >= 0.3 is 0 Å². The molecule has 0 saturated carbocycles. The van der Waals surface area contributed by atoms with E-state index < -0.39 is 0 Å². The van der Waals surface area contributed by atoms with E-state index in [1.54, 1.807) is 37.4 Å². The number of benzene rings is 3. The van der Waals surface area contributed by atoms with E-state index in [4.69, 9.17) is 14.2 Å². The summed E-state index contributed by atoms with van der Waals surface area (Å²) in [6, 6.07) is 20.2. The quantitative estimate of drug-likeness (QED) is 0.524. The highest BCUT2D eigenvalue weighted by Gasteiger charge is 2.11. The molecular formula is C24H25NO4. The van der Waals surface area contributed by atoms with Gasteiger partial charge in [-0.15, -0.1) is 0 Å².